The van der Waals surface area contributed by atoms with Crippen molar-refractivity contribution in [2.45, 2.75) is 6.04 Å². The number of pyridine rings is 2. The van der Waals surface area contributed by atoms with E-state index in [4.69, 9.17) is 5.73 Å². The SMILES string of the molecule is NC(=O)[C@@H](Nc1cncc(Br)c1)c1ccccn1. The van der Waals surface area contributed by atoms with Crippen molar-refractivity contribution >= 4 is 27.5 Å². The highest BCUT2D eigenvalue weighted by Crippen LogP contribution is 2.19. The molecule has 0 aliphatic rings. The fraction of sp³-hybridized carbons (Fsp3) is 0.0833. The van der Waals surface area contributed by atoms with Crippen molar-refractivity contribution in [3.63, 3.8) is 0 Å². The van der Waals surface area contributed by atoms with Crippen molar-refractivity contribution in [2.24, 2.45) is 5.73 Å². The van der Waals surface area contributed by atoms with Crippen molar-refractivity contribution < 1.29 is 4.79 Å². The predicted octanol–water partition coefficient (Wildman–Crippen LogP) is 1.88. The van der Waals surface area contributed by atoms with E-state index in [1.807, 2.05) is 6.07 Å². The van der Waals surface area contributed by atoms with Gasteiger partial charge in [-0.25, -0.2) is 0 Å². The molecule has 0 radical (unpaired) electrons. The van der Waals surface area contributed by atoms with Crippen LogP contribution in [0.4, 0.5) is 5.69 Å². The molecule has 2 aromatic heterocycles. The molecular formula is C12H11BrN4O. The number of hydrogen-bond donors (Lipinski definition) is 2. The third kappa shape index (κ3) is 3.04. The molecule has 3 N–H and O–H groups in total. The summed E-state index contributed by atoms with van der Waals surface area (Å²) >= 11 is 3.31. The van der Waals surface area contributed by atoms with Crippen molar-refractivity contribution in [3.05, 3.63) is 53.0 Å². The summed E-state index contributed by atoms with van der Waals surface area (Å²) in [7, 11) is 0. The number of hydrogen-bond acceptors (Lipinski definition) is 4. The third-order valence-electron chi connectivity index (χ3n) is 2.28. The zero-order chi connectivity index (χ0) is 13.0. The van der Waals surface area contributed by atoms with Crippen molar-refractivity contribution in [1.29, 1.82) is 0 Å². The topological polar surface area (TPSA) is 80.9 Å². The highest BCUT2D eigenvalue weighted by molar-refractivity contribution is 9.10. The molecule has 6 heteroatoms. The molecule has 0 fully saturated rings. The highest BCUT2D eigenvalue weighted by Gasteiger charge is 2.18. The third-order valence-corrected chi connectivity index (χ3v) is 2.72. The number of amides is 1. The summed E-state index contributed by atoms with van der Waals surface area (Å²) in [6.07, 6.45) is 4.89. The lowest BCUT2D eigenvalue weighted by Crippen LogP contribution is -2.28. The van der Waals surface area contributed by atoms with Gasteiger partial charge in [0.25, 0.3) is 0 Å². The van der Waals surface area contributed by atoms with E-state index in [1.54, 1.807) is 36.8 Å². The molecular weight excluding hydrogens is 296 g/mol. The summed E-state index contributed by atoms with van der Waals surface area (Å²) < 4.78 is 0.816. The van der Waals surface area contributed by atoms with Crippen LogP contribution in [0.3, 0.4) is 0 Å². The van der Waals surface area contributed by atoms with Gasteiger partial charge in [-0.1, -0.05) is 6.07 Å². The van der Waals surface area contributed by atoms with E-state index in [-0.39, 0.29) is 0 Å². The average molecular weight is 307 g/mol. The number of rotatable bonds is 4. The van der Waals surface area contributed by atoms with Gasteiger partial charge in [-0.15, -0.1) is 0 Å². The minimum atomic E-state index is -0.678. The molecule has 0 aliphatic carbocycles. The molecule has 2 heterocycles. The summed E-state index contributed by atoms with van der Waals surface area (Å²) in [5, 5.41) is 3.01. The molecule has 0 aromatic carbocycles. The summed E-state index contributed by atoms with van der Waals surface area (Å²) in [6, 6.07) is 6.46. The van der Waals surface area contributed by atoms with E-state index in [0.717, 1.165) is 4.47 Å². The number of aromatic nitrogens is 2. The Morgan fingerprint density at radius 3 is 2.83 bits per heavy atom. The zero-order valence-electron chi connectivity index (χ0n) is 9.38. The van der Waals surface area contributed by atoms with Crippen LogP contribution in [0.5, 0.6) is 0 Å². The van der Waals surface area contributed by atoms with Gasteiger partial charge in [0.15, 0.2) is 0 Å². The molecule has 0 unspecified atom stereocenters. The summed E-state index contributed by atoms with van der Waals surface area (Å²) in [6.45, 7) is 0. The van der Waals surface area contributed by atoms with Gasteiger partial charge in [-0.05, 0) is 34.1 Å². The molecule has 0 bridgehead atoms. The number of anilines is 1. The summed E-state index contributed by atoms with van der Waals surface area (Å²) in [5.74, 6) is -0.492. The molecule has 0 aliphatic heterocycles. The summed E-state index contributed by atoms with van der Waals surface area (Å²) in [4.78, 5) is 19.6. The van der Waals surface area contributed by atoms with Gasteiger partial charge in [0, 0.05) is 16.9 Å². The van der Waals surface area contributed by atoms with Crippen molar-refractivity contribution in [3.8, 4) is 0 Å². The Morgan fingerprint density at radius 2 is 2.22 bits per heavy atom. The molecule has 0 saturated heterocycles. The van der Waals surface area contributed by atoms with E-state index in [9.17, 15) is 4.79 Å². The Balaban J connectivity index is 2.25. The van der Waals surface area contributed by atoms with E-state index in [2.05, 4.69) is 31.2 Å². The molecule has 5 nitrogen and oxygen atoms in total. The molecule has 18 heavy (non-hydrogen) atoms. The standard InChI is InChI=1S/C12H11BrN4O/c13-8-5-9(7-15-6-8)17-11(12(14)18)10-3-1-2-4-16-10/h1-7,11,17H,(H2,14,18)/t11-/m0/s1. The molecule has 1 amide bonds. The summed E-state index contributed by atoms with van der Waals surface area (Å²) in [5.41, 5.74) is 6.65. The van der Waals surface area contributed by atoms with Crippen molar-refractivity contribution in [2.75, 3.05) is 5.32 Å². The van der Waals surface area contributed by atoms with Gasteiger partial charge in [0.05, 0.1) is 17.6 Å². The van der Waals surface area contributed by atoms with E-state index >= 15 is 0 Å². The monoisotopic (exact) mass is 306 g/mol. The van der Waals surface area contributed by atoms with Crippen LogP contribution < -0.4 is 11.1 Å². The number of primary amides is 1. The quantitative estimate of drug-likeness (QED) is 0.903. The number of nitrogens with zero attached hydrogens (tertiary/aromatic N) is 2. The molecule has 2 rings (SSSR count). The van der Waals surface area contributed by atoms with Gasteiger partial charge in [0.1, 0.15) is 6.04 Å². The highest BCUT2D eigenvalue weighted by atomic mass is 79.9. The second kappa shape index (κ2) is 5.59. The molecule has 0 spiro atoms. The Morgan fingerprint density at radius 1 is 1.39 bits per heavy atom. The first-order chi connectivity index (χ1) is 8.66. The van der Waals surface area contributed by atoms with Crippen LogP contribution in [-0.4, -0.2) is 15.9 Å². The van der Waals surface area contributed by atoms with Gasteiger partial charge in [-0.2, -0.15) is 0 Å². The van der Waals surface area contributed by atoms with Crippen LogP contribution >= 0.6 is 15.9 Å². The molecule has 92 valence electrons. The zero-order valence-corrected chi connectivity index (χ0v) is 11.0. The molecule has 0 saturated carbocycles. The first kappa shape index (κ1) is 12.5. The number of nitrogens with one attached hydrogen (secondary N) is 1. The Kier molecular flexibility index (Phi) is 3.88. The van der Waals surface area contributed by atoms with Gasteiger partial charge in [0.2, 0.25) is 5.91 Å². The minimum absolute atomic E-state index is 0.492. The maximum atomic E-state index is 11.5. The van der Waals surface area contributed by atoms with Gasteiger partial charge in [-0.3, -0.25) is 14.8 Å². The maximum absolute atomic E-state index is 11.5. The predicted molar refractivity (Wildman–Crippen MR) is 71.7 cm³/mol. The number of halogens is 1. The van der Waals surface area contributed by atoms with Crippen LogP contribution in [-0.2, 0) is 4.79 Å². The fourth-order valence-corrected chi connectivity index (χ4v) is 1.86. The van der Waals surface area contributed by atoms with E-state index in [1.165, 1.54) is 0 Å². The van der Waals surface area contributed by atoms with Crippen LogP contribution in [0, 0.1) is 0 Å². The van der Waals surface area contributed by atoms with Crippen LogP contribution in [0.15, 0.2) is 47.3 Å². The largest absolute Gasteiger partial charge is 0.368 e. The lowest BCUT2D eigenvalue weighted by Gasteiger charge is -2.15. The van der Waals surface area contributed by atoms with E-state index in [0.29, 0.717) is 11.4 Å². The van der Waals surface area contributed by atoms with Crippen LogP contribution in [0.2, 0.25) is 0 Å². The lowest BCUT2D eigenvalue weighted by molar-refractivity contribution is -0.118. The second-order valence-corrected chi connectivity index (χ2v) is 4.54. The molecule has 2 aromatic rings. The first-order valence-corrected chi connectivity index (χ1v) is 6.03. The smallest absolute Gasteiger partial charge is 0.246 e. The fourth-order valence-electron chi connectivity index (χ4n) is 1.50. The number of carbonyl (C=O) groups excluding carboxylic acids is 1. The first-order valence-electron chi connectivity index (χ1n) is 5.24. The van der Waals surface area contributed by atoms with Crippen molar-refractivity contribution in [1.82, 2.24) is 9.97 Å². The lowest BCUT2D eigenvalue weighted by atomic mass is 10.1. The normalized spacial score (nSPS) is 11.8. The number of carbonyl (C=O) groups is 1. The average Bonchev–Trinajstić information content (AvgIpc) is 2.37. The second-order valence-electron chi connectivity index (χ2n) is 3.63. The molecule has 1 atom stereocenters. The van der Waals surface area contributed by atoms with Crippen LogP contribution in [0.1, 0.15) is 11.7 Å². The van der Waals surface area contributed by atoms with E-state index < -0.39 is 11.9 Å². The van der Waals surface area contributed by atoms with Crippen LogP contribution in [0.25, 0.3) is 0 Å². The Labute approximate surface area is 113 Å². The maximum Gasteiger partial charge on any atom is 0.246 e. The Bertz CT molecular complexity index is 547. The van der Waals surface area contributed by atoms with Gasteiger partial charge < -0.3 is 11.1 Å². The Hall–Kier alpha value is -1.95. The van der Waals surface area contributed by atoms with Gasteiger partial charge >= 0.3 is 0 Å². The minimum Gasteiger partial charge on any atom is -0.368 e. The number of nitrogens with two attached hydrogens (primary N) is 1.